The van der Waals surface area contributed by atoms with Crippen molar-refractivity contribution in [1.29, 1.82) is 0 Å². The Kier molecular flexibility index (Phi) is 2.18. The van der Waals surface area contributed by atoms with Gasteiger partial charge in [0.05, 0.1) is 0 Å². The van der Waals surface area contributed by atoms with Crippen molar-refractivity contribution >= 4 is 11.6 Å². The summed E-state index contributed by atoms with van der Waals surface area (Å²) in [6, 6.07) is 0. The normalized spacial score (nSPS) is 43.2. The third-order valence-corrected chi connectivity index (χ3v) is 2.49. The van der Waals surface area contributed by atoms with Gasteiger partial charge in [-0.1, -0.05) is 26.0 Å². The van der Waals surface area contributed by atoms with Crippen molar-refractivity contribution in [3.63, 3.8) is 0 Å². The Morgan fingerprint density at radius 3 is 2.44 bits per heavy atom. The van der Waals surface area contributed by atoms with Crippen LogP contribution in [0.4, 0.5) is 0 Å². The predicted octanol–water partition coefficient (Wildman–Crippen LogP) is 2.83. The molecule has 0 heterocycles. The van der Waals surface area contributed by atoms with Crippen LogP contribution in [0.2, 0.25) is 0 Å². The first-order valence-corrected chi connectivity index (χ1v) is 3.96. The Hall–Kier alpha value is 0.0300. The summed E-state index contributed by atoms with van der Waals surface area (Å²) in [6.45, 7) is 4.37. The van der Waals surface area contributed by atoms with Crippen molar-refractivity contribution in [2.45, 2.75) is 25.6 Å². The predicted molar refractivity (Wildman–Crippen MR) is 41.7 cm³/mol. The topological polar surface area (TPSA) is 0 Å². The molecule has 1 heteroatoms. The minimum absolute atomic E-state index is 0.366. The molecule has 9 heavy (non-hydrogen) atoms. The van der Waals surface area contributed by atoms with Crippen LogP contribution in [-0.2, 0) is 0 Å². The zero-order chi connectivity index (χ0) is 6.85. The van der Waals surface area contributed by atoms with Crippen LogP contribution >= 0.6 is 11.6 Å². The average Bonchev–Trinajstić information content (AvgIpc) is 1.80. The van der Waals surface area contributed by atoms with E-state index in [4.69, 9.17) is 11.6 Å². The number of alkyl halides is 1. The highest BCUT2D eigenvalue weighted by Gasteiger charge is 2.17. The molecule has 52 valence electrons. The molecule has 0 aromatic rings. The van der Waals surface area contributed by atoms with Crippen LogP contribution in [0.25, 0.3) is 0 Å². The summed E-state index contributed by atoms with van der Waals surface area (Å²) in [5, 5.41) is 0.366. The molecule has 0 fully saturated rings. The Morgan fingerprint density at radius 1 is 1.33 bits per heavy atom. The average molecular weight is 145 g/mol. The van der Waals surface area contributed by atoms with E-state index in [1.807, 2.05) is 0 Å². The molecular formula is C8H13Cl. The summed E-state index contributed by atoms with van der Waals surface area (Å²) in [7, 11) is 0. The van der Waals surface area contributed by atoms with E-state index >= 15 is 0 Å². The lowest BCUT2D eigenvalue weighted by molar-refractivity contribution is 0.511. The largest absolute Gasteiger partial charge is 0.122 e. The molecule has 0 spiro atoms. The van der Waals surface area contributed by atoms with Gasteiger partial charge >= 0.3 is 0 Å². The highest BCUT2D eigenvalue weighted by atomic mass is 35.5. The zero-order valence-corrected chi connectivity index (χ0v) is 6.73. The fourth-order valence-corrected chi connectivity index (χ4v) is 1.50. The van der Waals surface area contributed by atoms with Gasteiger partial charge in [-0.05, 0) is 18.3 Å². The molecule has 3 atom stereocenters. The Labute approximate surface area is 61.9 Å². The van der Waals surface area contributed by atoms with E-state index in [2.05, 4.69) is 26.0 Å². The van der Waals surface area contributed by atoms with Crippen molar-refractivity contribution in [2.24, 2.45) is 11.8 Å². The molecule has 0 aromatic heterocycles. The van der Waals surface area contributed by atoms with Crippen LogP contribution in [0.3, 0.4) is 0 Å². The molecule has 0 radical (unpaired) electrons. The SMILES string of the molecule is CC1C=CC(C)C(Cl)C1. The third-order valence-electron chi connectivity index (χ3n) is 1.91. The van der Waals surface area contributed by atoms with Gasteiger partial charge in [0, 0.05) is 5.38 Å². The molecule has 0 N–H and O–H groups in total. The summed E-state index contributed by atoms with van der Waals surface area (Å²) in [4.78, 5) is 0. The number of allylic oxidation sites excluding steroid dienone is 2. The lowest BCUT2D eigenvalue weighted by Gasteiger charge is -2.22. The monoisotopic (exact) mass is 144 g/mol. The summed E-state index contributed by atoms with van der Waals surface area (Å²) in [5.41, 5.74) is 0. The van der Waals surface area contributed by atoms with E-state index in [0.29, 0.717) is 17.2 Å². The van der Waals surface area contributed by atoms with Crippen molar-refractivity contribution < 1.29 is 0 Å². The number of hydrogen-bond donors (Lipinski definition) is 0. The van der Waals surface area contributed by atoms with E-state index in [9.17, 15) is 0 Å². The maximum Gasteiger partial charge on any atom is 0.0401 e. The van der Waals surface area contributed by atoms with Crippen LogP contribution in [0.5, 0.6) is 0 Å². The van der Waals surface area contributed by atoms with Gasteiger partial charge < -0.3 is 0 Å². The first kappa shape index (κ1) is 7.14. The van der Waals surface area contributed by atoms with Crippen LogP contribution in [0.15, 0.2) is 12.2 Å². The molecule has 0 amide bonds. The van der Waals surface area contributed by atoms with Crippen molar-refractivity contribution in [3.8, 4) is 0 Å². The van der Waals surface area contributed by atoms with Gasteiger partial charge in [0.2, 0.25) is 0 Å². The van der Waals surface area contributed by atoms with E-state index in [0.717, 1.165) is 6.42 Å². The molecule has 1 aliphatic carbocycles. The Balaban J connectivity index is 2.54. The van der Waals surface area contributed by atoms with E-state index < -0.39 is 0 Å². The zero-order valence-electron chi connectivity index (χ0n) is 5.97. The molecule has 1 rings (SSSR count). The van der Waals surface area contributed by atoms with Gasteiger partial charge in [0.1, 0.15) is 0 Å². The molecule has 3 unspecified atom stereocenters. The van der Waals surface area contributed by atoms with Crippen LogP contribution in [0, 0.1) is 11.8 Å². The quantitative estimate of drug-likeness (QED) is 0.362. The van der Waals surface area contributed by atoms with Gasteiger partial charge in [-0.15, -0.1) is 11.6 Å². The summed E-state index contributed by atoms with van der Waals surface area (Å²) < 4.78 is 0. The fraction of sp³-hybridized carbons (Fsp3) is 0.750. The van der Waals surface area contributed by atoms with E-state index in [1.165, 1.54) is 0 Å². The lowest BCUT2D eigenvalue weighted by Crippen LogP contribution is -2.16. The number of rotatable bonds is 0. The van der Waals surface area contributed by atoms with Gasteiger partial charge in [0.25, 0.3) is 0 Å². The highest BCUT2D eigenvalue weighted by molar-refractivity contribution is 6.20. The van der Waals surface area contributed by atoms with Crippen molar-refractivity contribution in [2.75, 3.05) is 0 Å². The standard InChI is InChI=1S/C8H13Cl/c1-6-3-4-7(2)8(9)5-6/h3-4,6-8H,5H2,1-2H3. The molecule has 0 saturated heterocycles. The summed E-state index contributed by atoms with van der Waals surface area (Å²) >= 11 is 6.01. The van der Waals surface area contributed by atoms with Crippen LogP contribution in [-0.4, -0.2) is 5.38 Å². The van der Waals surface area contributed by atoms with Crippen molar-refractivity contribution in [3.05, 3.63) is 12.2 Å². The number of halogens is 1. The third kappa shape index (κ3) is 1.72. The second-order valence-electron chi connectivity index (χ2n) is 2.97. The maximum atomic E-state index is 6.01. The minimum atomic E-state index is 0.366. The second kappa shape index (κ2) is 2.74. The van der Waals surface area contributed by atoms with E-state index in [-0.39, 0.29) is 0 Å². The first-order valence-electron chi connectivity index (χ1n) is 3.52. The van der Waals surface area contributed by atoms with Gasteiger partial charge in [-0.25, -0.2) is 0 Å². The minimum Gasteiger partial charge on any atom is -0.122 e. The highest BCUT2D eigenvalue weighted by Crippen LogP contribution is 2.25. The molecule has 0 aliphatic heterocycles. The van der Waals surface area contributed by atoms with Gasteiger partial charge in [-0.3, -0.25) is 0 Å². The Morgan fingerprint density at radius 2 is 2.00 bits per heavy atom. The molecule has 1 aliphatic rings. The lowest BCUT2D eigenvalue weighted by atomic mass is 9.90. The molecule has 0 saturated carbocycles. The van der Waals surface area contributed by atoms with Crippen LogP contribution in [0.1, 0.15) is 20.3 Å². The first-order chi connectivity index (χ1) is 4.20. The Bertz CT molecular complexity index is 118. The molecule has 0 nitrogen and oxygen atoms in total. The van der Waals surface area contributed by atoms with Crippen molar-refractivity contribution in [1.82, 2.24) is 0 Å². The molecule has 0 bridgehead atoms. The summed E-state index contributed by atoms with van der Waals surface area (Å²) in [5.74, 6) is 1.26. The fourth-order valence-electron chi connectivity index (χ4n) is 1.13. The molecular weight excluding hydrogens is 132 g/mol. The van der Waals surface area contributed by atoms with E-state index in [1.54, 1.807) is 0 Å². The van der Waals surface area contributed by atoms with Gasteiger partial charge in [-0.2, -0.15) is 0 Å². The van der Waals surface area contributed by atoms with Gasteiger partial charge in [0.15, 0.2) is 0 Å². The molecule has 0 aromatic carbocycles. The number of hydrogen-bond acceptors (Lipinski definition) is 0. The smallest absolute Gasteiger partial charge is 0.0401 e. The second-order valence-corrected chi connectivity index (χ2v) is 3.53. The maximum absolute atomic E-state index is 6.01. The van der Waals surface area contributed by atoms with Crippen LogP contribution < -0.4 is 0 Å². The summed E-state index contributed by atoms with van der Waals surface area (Å²) in [6.07, 6.45) is 5.61.